The number of piperidine rings is 1. The third-order valence-corrected chi connectivity index (χ3v) is 9.22. The largest absolute Gasteiger partial charge is 0.464 e. The number of hydrogen-bond acceptors (Lipinski definition) is 8. The molecule has 10 nitrogen and oxygen atoms in total. The van der Waals surface area contributed by atoms with Crippen LogP contribution in [0.4, 0.5) is 18.9 Å². The fourth-order valence-electron chi connectivity index (χ4n) is 6.67. The van der Waals surface area contributed by atoms with Crippen LogP contribution in [0, 0.1) is 0 Å². The number of amides is 1. The predicted molar refractivity (Wildman–Crippen MR) is 191 cm³/mol. The lowest BCUT2D eigenvalue weighted by atomic mass is 10.0. The van der Waals surface area contributed by atoms with E-state index in [4.69, 9.17) is 15.5 Å². The maximum Gasteiger partial charge on any atom is 0.416 e. The van der Waals surface area contributed by atoms with Crippen LogP contribution in [-0.2, 0) is 33.6 Å². The number of nitrogens with zero attached hydrogens (tertiary/aromatic N) is 4. The van der Waals surface area contributed by atoms with Gasteiger partial charge < -0.3 is 35.3 Å². The first-order valence-corrected chi connectivity index (χ1v) is 17.5. The third kappa shape index (κ3) is 10.5. The molecule has 1 unspecified atom stereocenters. The van der Waals surface area contributed by atoms with Crippen molar-refractivity contribution in [3.8, 4) is 11.4 Å². The molecule has 0 radical (unpaired) electrons. The molecule has 1 fully saturated rings. The molecule has 4 N–H and O–H groups in total. The predicted octanol–water partition coefficient (Wildman–Crippen LogP) is 5.67. The van der Waals surface area contributed by atoms with Crippen molar-refractivity contribution in [1.29, 1.82) is 0 Å². The Labute approximate surface area is 296 Å². The number of esters is 1. The summed E-state index contributed by atoms with van der Waals surface area (Å²) >= 11 is 0. The monoisotopic (exact) mass is 708 g/mol. The molecule has 2 heterocycles. The zero-order valence-electron chi connectivity index (χ0n) is 29.0. The summed E-state index contributed by atoms with van der Waals surface area (Å²) < 4.78 is 47.3. The second kappa shape index (κ2) is 17.7. The first kappa shape index (κ1) is 37.8. The Morgan fingerprint density at radius 1 is 1.02 bits per heavy atom. The SMILES string of the molecule is CC(=O)OCCN(CCO)c1ccc(-c2nc3cc(C(CC(N)=O)NCc4cccc(C(F)(F)F)c4)ccc3n2CCCN2CCCCC2)cc1. The zero-order chi connectivity index (χ0) is 36.4. The Bertz CT molecular complexity index is 1750. The van der Waals surface area contributed by atoms with Gasteiger partial charge in [0.25, 0.3) is 0 Å². The molecule has 13 heteroatoms. The molecule has 0 bridgehead atoms. The van der Waals surface area contributed by atoms with E-state index < -0.39 is 23.7 Å². The minimum atomic E-state index is -4.46. The summed E-state index contributed by atoms with van der Waals surface area (Å²) in [7, 11) is 0. The highest BCUT2D eigenvalue weighted by atomic mass is 19.4. The van der Waals surface area contributed by atoms with E-state index in [-0.39, 0.29) is 32.1 Å². The average Bonchev–Trinajstić information content (AvgIpc) is 3.47. The van der Waals surface area contributed by atoms with Gasteiger partial charge in [-0.2, -0.15) is 13.2 Å². The number of rotatable bonds is 17. The van der Waals surface area contributed by atoms with Gasteiger partial charge in [0.05, 0.1) is 29.7 Å². The highest BCUT2D eigenvalue weighted by molar-refractivity contribution is 5.82. The fourth-order valence-corrected chi connectivity index (χ4v) is 6.67. The minimum absolute atomic E-state index is 0.0445. The molecule has 0 aliphatic carbocycles. The number of aryl methyl sites for hydroxylation is 1. The van der Waals surface area contributed by atoms with Gasteiger partial charge in [-0.05, 0) is 92.5 Å². The lowest BCUT2D eigenvalue weighted by molar-refractivity contribution is -0.140. The number of ether oxygens (including phenoxy) is 1. The van der Waals surface area contributed by atoms with Crippen molar-refractivity contribution in [1.82, 2.24) is 19.8 Å². The molecule has 1 aliphatic heterocycles. The van der Waals surface area contributed by atoms with E-state index in [1.165, 1.54) is 32.3 Å². The molecule has 0 saturated carbocycles. The highest BCUT2D eigenvalue weighted by Gasteiger charge is 2.30. The van der Waals surface area contributed by atoms with Gasteiger partial charge in [-0.15, -0.1) is 0 Å². The van der Waals surface area contributed by atoms with Crippen LogP contribution < -0.4 is 16.0 Å². The average molecular weight is 709 g/mol. The quantitative estimate of drug-likeness (QED) is 0.120. The van der Waals surface area contributed by atoms with Crippen molar-refractivity contribution in [2.75, 3.05) is 50.8 Å². The second-order valence-corrected chi connectivity index (χ2v) is 13.0. The van der Waals surface area contributed by atoms with E-state index in [0.717, 1.165) is 78.4 Å². The summed E-state index contributed by atoms with van der Waals surface area (Å²) in [6.07, 6.45) is 0.144. The normalized spacial score (nSPS) is 14.5. The van der Waals surface area contributed by atoms with Gasteiger partial charge in [0.1, 0.15) is 12.4 Å². The number of benzene rings is 3. The molecule has 274 valence electrons. The van der Waals surface area contributed by atoms with Gasteiger partial charge in [0.15, 0.2) is 0 Å². The van der Waals surface area contributed by atoms with Crippen molar-refractivity contribution in [3.05, 3.63) is 83.4 Å². The van der Waals surface area contributed by atoms with E-state index in [1.54, 1.807) is 6.07 Å². The molecule has 1 aromatic heterocycles. The molecule has 4 aromatic rings. The number of aromatic nitrogens is 2. The van der Waals surface area contributed by atoms with Crippen molar-refractivity contribution in [3.63, 3.8) is 0 Å². The molecule has 3 aromatic carbocycles. The van der Waals surface area contributed by atoms with Crippen molar-refractivity contribution >= 4 is 28.6 Å². The van der Waals surface area contributed by atoms with Crippen LogP contribution in [0.25, 0.3) is 22.4 Å². The fraction of sp³-hybridized carbons (Fsp3) is 0.447. The van der Waals surface area contributed by atoms with Crippen LogP contribution in [0.15, 0.2) is 66.7 Å². The lowest BCUT2D eigenvalue weighted by Crippen LogP contribution is -2.31. The lowest BCUT2D eigenvalue weighted by Gasteiger charge is -2.26. The number of hydrogen-bond donors (Lipinski definition) is 3. The number of imidazole rings is 1. The number of primary amides is 1. The number of nitrogens with two attached hydrogens (primary N) is 1. The molecule has 1 aliphatic rings. The smallest absolute Gasteiger partial charge is 0.416 e. The summed E-state index contributed by atoms with van der Waals surface area (Å²) in [6, 6.07) is 18.3. The molecule has 1 saturated heterocycles. The second-order valence-electron chi connectivity index (χ2n) is 13.0. The molecule has 5 rings (SSSR count). The van der Waals surface area contributed by atoms with Gasteiger partial charge in [0, 0.05) is 50.3 Å². The first-order valence-electron chi connectivity index (χ1n) is 17.5. The molecule has 1 atom stereocenters. The highest BCUT2D eigenvalue weighted by Crippen LogP contribution is 2.32. The number of halogens is 3. The van der Waals surface area contributed by atoms with Gasteiger partial charge in [0.2, 0.25) is 5.91 Å². The maximum absolute atomic E-state index is 13.3. The summed E-state index contributed by atoms with van der Waals surface area (Å²) in [5.74, 6) is -0.114. The van der Waals surface area contributed by atoms with Crippen LogP contribution in [0.2, 0.25) is 0 Å². The topological polar surface area (TPSA) is 126 Å². The van der Waals surface area contributed by atoms with E-state index in [2.05, 4.69) is 14.8 Å². The number of fused-ring (bicyclic) bond motifs is 1. The number of likely N-dealkylation sites (tertiary alicyclic amines) is 1. The number of carbonyl (C=O) groups excluding carboxylic acids is 2. The van der Waals surface area contributed by atoms with Gasteiger partial charge in [-0.25, -0.2) is 4.98 Å². The van der Waals surface area contributed by atoms with E-state index >= 15 is 0 Å². The Balaban J connectivity index is 1.43. The Morgan fingerprint density at radius 3 is 2.47 bits per heavy atom. The summed E-state index contributed by atoms with van der Waals surface area (Å²) in [5, 5.41) is 12.9. The molecular formula is C38H47F3N6O4. The third-order valence-electron chi connectivity index (χ3n) is 9.22. The maximum atomic E-state index is 13.3. The molecule has 1 amide bonds. The summed E-state index contributed by atoms with van der Waals surface area (Å²) in [6.45, 7) is 6.38. The van der Waals surface area contributed by atoms with Crippen molar-refractivity contribution in [2.24, 2.45) is 5.73 Å². The molecular weight excluding hydrogens is 661 g/mol. The van der Waals surface area contributed by atoms with Crippen molar-refractivity contribution in [2.45, 2.75) is 64.3 Å². The Kier molecular flexibility index (Phi) is 13.1. The van der Waals surface area contributed by atoms with E-state index in [1.807, 2.05) is 47.4 Å². The number of anilines is 1. The Morgan fingerprint density at radius 2 is 1.78 bits per heavy atom. The molecule has 51 heavy (non-hydrogen) atoms. The summed E-state index contributed by atoms with van der Waals surface area (Å²) in [5.41, 5.74) is 9.49. The van der Waals surface area contributed by atoms with Crippen LogP contribution in [0.1, 0.15) is 61.8 Å². The zero-order valence-corrected chi connectivity index (χ0v) is 29.0. The van der Waals surface area contributed by atoms with Gasteiger partial charge >= 0.3 is 12.1 Å². The number of aliphatic hydroxyl groups excluding tert-OH is 1. The van der Waals surface area contributed by atoms with Crippen LogP contribution in [0.5, 0.6) is 0 Å². The number of nitrogens with one attached hydrogen (secondary N) is 1. The molecule has 0 spiro atoms. The minimum Gasteiger partial charge on any atom is -0.464 e. The van der Waals surface area contributed by atoms with Gasteiger partial charge in [-0.1, -0.05) is 30.7 Å². The van der Waals surface area contributed by atoms with Crippen LogP contribution in [-0.4, -0.2) is 77.4 Å². The van der Waals surface area contributed by atoms with Crippen LogP contribution >= 0.6 is 0 Å². The van der Waals surface area contributed by atoms with Gasteiger partial charge in [-0.3, -0.25) is 9.59 Å². The van der Waals surface area contributed by atoms with E-state index in [9.17, 15) is 27.9 Å². The van der Waals surface area contributed by atoms with Crippen molar-refractivity contribution < 1.29 is 32.6 Å². The van der Waals surface area contributed by atoms with Crippen LogP contribution in [0.3, 0.4) is 0 Å². The Hall–Kier alpha value is -4.46. The van der Waals surface area contributed by atoms with E-state index in [0.29, 0.717) is 18.7 Å². The standard InChI is InChI=1S/C38H47F3N6O4/c1-27(49)51-22-20-46(19-21-48)32-12-9-29(10-13-32)37-44-34-24-30(11-14-35(34)47(37)18-6-17-45-15-3-2-4-16-45)33(25-36(42)50)43-26-28-7-5-8-31(23-28)38(39,40)41/h5,7-14,23-24,33,43,48H,2-4,6,15-22,25-26H2,1H3,(H2,42,50). The summed E-state index contributed by atoms with van der Waals surface area (Å²) in [4.78, 5) is 32.9. The number of aliphatic hydroxyl groups is 1. The number of carbonyl (C=O) groups is 2. The first-order chi connectivity index (χ1) is 24.5. The number of alkyl halides is 3.